The Kier molecular flexibility index (Phi) is 5.42. The molecule has 0 aliphatic carbocycles. The molecule has 0 bridgehead atoms. The lowest BCUT2D eigenvalue weighted by atomic mass is 10.1. The molecule has 0 N–H and O–H groups in total. The topological polar surface area (TPSA) is 93.7 Å². The molecule has 2 saturated heterocycles. The van der Waals surface area contributed by atoms with E-state index >= 15 is 0 Å². The van der Waals surface area contributed by atoms with Crippen LogP contribution in [0.2, 0.25) is 0 Å². The van der Waals surface area contributed by atoms with Crippen molar-refractivity contribution >= 4 is 22.8 Å². The Morgan fingerprint density at radius 3 is 2.59 bits per heavy atom. The first-order valence-electron chi connectivity index (χ1n) is 11.1. The first-order valence-corrected chi connectivity index (χ1v) is 11.1. The predicted octanol–water partition coefficient (Wildman–Crippen LogP) is 2.74. The summed E-state index contributed by atoms with van der Waals surface area (Å²) in [6.45, 7) is 6.68. The van der Waals surface area contributed by atoms with Crippen molar-refractivity contribution in [2.45, 2.75) is 38.8 Å². The van der Waals surface area contributed by atoms with Crippen LogP contribution in [0.25, 0.3) is 22.5 Å². The van der Waals surface area contributed by atoms with Crippen molar-refractivity contribution < 1.29 is 18.7 Å². The third-order valence-corrected chi connectivity index (χ3v) is 6.14. The molecule has 3 aromatic heterocycles. The molecule has 168 valence electrons. The number of fused-ring (bicyclic) bond motifs is 1. The maximum Gasteiger partial charge on any atom is 0.254 e. The molecule has 0 radical (unpaired) electrons. The average molecular weight is 438 g/mol. The fourth-order valence-electron chi connectivity index (χ4n) is 4.40. The van der Waals surface area contributed by atoms with Gasteiger partial charge in [-0.15, -0.1) is 0 Å². The van der Waals surface area contributed by atoms with Crippen molar-refractivity contribution in [2.24, 2.45) is 0 Å². The van der Waals surface area contributed by atoms with Gasteiger partial charge in [0, 0.05) is 38.8 Å². The minimum absolute atomic E-state index is 0.0409. The van der Waals surface area contributed by atoms with Gasteiger partial charge in [0.25, 0.3) is 11.8 Å². The maximum absolute atomic E-state index is 13.5. The molecule has 2 aliphatic rings. The van der Waals surface area contributed by atoms with Gasteiger partial charge in [0.1, 0.15) is 11.8 Å². The molecule has 2 aliphatic heterocycles. The van der Waals surface area contributed by atoms with E-state index in [-0.39, 0.29) is 24.0 Å². The molecule has 0 saturated carbocycles. The molecule has 3 aromatic rings. The predicted molar refractivity (Wildman–Crippen MR) is 117 cm³/mol. The summed E-state index contributed by atoms with van der Waals surface area (Å²) in [5.74, 6) is 0.557. The summed E-state index contributed by atoms with van der Waals surface area (Å²) in [6, 6.07) is 5.50. The normalized spacial score (nSPS) is 19.3. The lowest BCUT2D eigenvalue weighted by Gasteiger charge is -2.35. The third-order valence-electron chi connectivity index (χ3n) is 6.14. The van der Waals surface area contributed by atoms with Crippen LogP contribution in [-0.2, 0) is 9.53 Å². The van der Waals surface area contributed by atoms with E-state index in [0.29, 0.717) is 55.5 Å². The first-order chi connectivity index (χ1) is 15.5. The number of pyridine rings is 1. The highest BCUT2D eigenvalue weighted by atomic mass is 16.5. The Balaban J connectivity index is 1.41. The van der Waals surface area contributed by atoms with Crippen LogP contribution in [0.5, 0.6) is 0 Å². The number of ether oxygens (including phenoxy) is 1. The van der Waals surface area contributed by atoms with Crippen LogP contribution in [0.15, 0.2) is 35.1 Å². The molecule has 0 aromatic carbocycles. The van der Waals surface area contributed by atoms with Gasteiger partial charge >= 0.3 is 0 Å². The van der Waals surface area contributed by atoms with Crippen molar-refractivity contribution in [1.82, 2.24) is 24.6 Å². The van der Waals surface area contributed by atoms with E-state index < -0.39 is 0 Å². The fraction of sp³-hybridized carbons (Fsp3) is 0.478. The van der Waals surface area contributed by atoms with Gasteiger partial charge in [-0.2, -0.15) is 5.10 Å². The van der Waals surface area contributed by atoms with Gasteiger partial charge in [0.2, 0.25) is 0 Å². The summed E-state index contributed by atoms with van der Waals surface area (Å²) >= 11 is 0. The van der Waals surface area contributed by atoms with Gasteiger partial charge in [-0.1, -0.05) is 0 Å². The molecule has 9 nitrogen and oxygen atoms in total. The summed E-state index contributed by atoms with van der Waals surface area (Å²) in [5.41, 5.74) is 1.80. The highest BCUT2D eigenvalue weighted by Crippen LogP contribution is 2.28. The average Bonchev–Trinajstić information content (AvgIpc) is 3.58. The SMILES string of the molecule is CC(C)n1ncc2c(C(=O)N3CCN(C(=O)C4CCCO4)CC3)cc(-c3ccco3)nc21. The van der Waals surface area contributed by atoms with Crippen LogP contribution in [0.3, 0.4) is 0 Å². The zero-order valence-corrected chi connectivity index (χ0v) is 18.4. The summed E-state index contributed by atoms with van der Waals surface area (Å²) in [5, 5.41) is 5.19. The number of rotatable bonds is 4. The van der Waals surface area contributed by atoms with Crippen LogP contribution < -0.4 is 0 Å². The van der Waals surface area contributed by atoms with Crippen LogP contribution >= 0.6 is 0 Å². The van der Waals surface area contributed by atoms with Gasteiger partial charge in [-0.25, -0.2) is 9.67 Å². The van der Waals surface area contributed by atoms with Crippen molar-refractivity contribution in [3.63, 3.8) is 0 Å². The van der Waals surface area contributed by atoms with Crippen LogP contribution in [-0.4, -0.2) is 75.3 Å². The summed E-state index contributed by atoms with van der Waals surface area (Å²) in [7, 11) is 0. The quantitative estimate of drug-likeness (QED) is 0.623. The highest BCUT2D eigenvalue weighted by Gasteiger charge is 2.32. The van der Waals surface area contributed by atoms with E-state index in [4.69, 9.17) is 14.1 Å². The molecule has 1 unspecified atom stereocenters. The highest BCUT2D eigenvalue weighted by molar-refractivity contribution is 6.06. The monoisotopic (exact) mass is 437 g/mol. The Hall–Kier alpha value is -3.20. The Labute approximate surface area is 185 Å². The van der Waals surface area contributed by atoms with E-state index in [0.717, 1.165) is 18.2 Å². The molecule has 5 rings (SSSR count). The smallest absolute Gasteiger partial charge is 0.254 e. The fourth-order valence-corrected chi connectivity index (χ4v) is 4.40. The number of hydrogen-bond acceptors (Lipinski definition) is 6. The van der Waals surface area contributed by atoms with Crippen LogP contribution in [0.4, 0.5) is 0 Å². The lowest BCUT2D eigenvalue weighted by molar-refractivity contribution is -0.142. The maximum atomic E-state index is 13.5. The van der Waals surface area contributed by atoms with Crippen molar-refractivity contribution in [3.05, 3.63) is 36.2 Å². The molecule has 9 heteroatoms. The lowest BCUT2D eigenvalue weighted by Crippen LogP contribution is -2.52. The van der Waals surface area contributed by atoms with E-state index in [9.17, 15) is 9.59 Å². The zero-order valence-electron chi connectivity index (χ0n) is 18.4. The number of carbonyl (C=O) groups is 2. The first kappa shape index (κ1) is 20.7. The van der Waals surface area contributed by atoms with Gasteiger partial charge < -0.3 is 19.0 Å². The molecule has 2 amide bonds. The van der Waals surface area contributed by atoms with Gasteiger partial charge in [0.15, 0.2) is 11.4 Å². The standard InChI is InChI=1S/C23H27N5O4/c1-15(2)28-21-17(14-24-28)16(13-18(25-21)19-5-3-11-31-19)22(29)26-7-9-27(10-8-26)23(30)20-6-4-12-32-20/h3,5,11,13-15,20H,4,6-10,12H2,1-2H3. The molecule has 1 atom stereocenters. The van der Waals surface area contributed by atoms with E-state index in [1.807, 2.05) is 29.5 Å². The number of aromatic nitrogens is 3. The summed E-state index contributed by atoms with van der Waals surface area (Å²) < 4.78 is 12.9. The number of hydrogen-bond donors (Lipinski definition) is 0. The number of piperazine rings is 1. The molecule has 0 spiro atoms. The second-order valence-corrected chi connectivity index (χ2v) is 8.57. The molecule has 32 heavy (non-hydrogen) atoms. The number of carbonyl (C=O) groups excluding carboxylic acids is 2. The largest absolute Gasteiger partial charge is 0.463 e. The summed E-state index contributed by atoms with van der Waals surface area (Å²) in [6.07, 6.45) is 4.68. The molecular formula is C23H27N5O4. The van der Waals surface area contributed by atoms with Crippen LogP contribution in [0, 0.1) is 0 Å². The van der Waals surface area contributed by atoms with Crippen molar-refractivity contribution in [2.75, 3.05) is 32.8 Å². The van der Waals surface area contributed by atoms with Gasteiger partial charge in [0.05, 0.1) is 23.4 Å². The number of amides is 2. The second kappa shape index (κ2) is 8.38. The van der Waals surface area contributed by atoms with E-state index in [1.165, 1.54) is 0 Å². The molecule has 5 heterocycles. The van der Waals surface area contributed by atoms with Gasteiger partial charge in [-0.05, 0) is 44.9 Å². The molecule has 2 fully saturated rings. The van der Waals surface area contributed by atoms with Crippen LogP contribution in [0.1, 0.15) is 43.1 Å². The summed E-state index contributed by atoms with van der Waals surface area (Å²) in [4.78, 5) is 34.5. The van der Waals surface area contributed by atoms with E-state index in [2.05, 4.69) is 5.10 Å². The third kappa shape index (κ3) is 3.66. The molecular weight excluding hydrogens is 410 g/mol. The van der Waals surface area contributed by atoms with Gasteiger partial charge in [-0.3, -0.25) is 9.59 Å². The zero-order chi connectivity index (χ0) is 22.2. The number of nitrogens with zero attached hydrogens (tertiary/aromatic N) is 5. The Bertz CT molecular complexity index is 1120. The Morgan fingerprint density at radius 2 is 1.94 bits per heavy atom. The Morgan fingerprint density at radius 1 is 1.16 bits per heavy atom. The minimum atomic E-state index is -0.324. The minimum Gasteiger partial charge on any atom is -0.463 e. The van der Waals surface area contributed by atoms with E-state index in [1.54, 1.807) is 29.5 Å². The second-order valence-electron chi connectivity index (χ2n) is 8.57. The number of furan rings is 1. The van der Waals surface area contributed by atoms with Crippen molar-refractivity contribution in [3.8, 4) is 11.5 Å². The van der Waals surface area contributed by atoms with Crippen molar-refractivity contribution in [1.29, 1.82) is 0 Å².